The average molecular weight is 448 g/mol. The van der Waals surface area contributed by atoms with Crippen molar-refractivity contribution < 1.29 is 0 Å². The molecule has 3 aliphatic rings. The third-order valence-corrected chi connectivity index (χ3v) is 14.6. The largest absolute Gasteiger partial charge is 0.367 e. The van der Waals surface area contributed by atoms with Crippen molar-refractivity contribution in [1.82, 2.24) is 0 Å². The van der Waals surface area contributed by atoms with Crippen LogP contribution < -0.4 is 15.3 Å². The summed E-state index contributed by atoms with van der Waals surface area (Å²) < 4.78 is 0. The monoisotopic (exact) mass is 447 g/mol. The molecule has 6 rings (SSSR count). The average Bonchev–Trinajstić information content (AvgIpc) is 3.18. The number of nitrogens with zero attached hydrogens (tertiary/aromatic N) is 1. The molecule has 0 aromatic heterocycles. The lowest BCUT2D eigenvalue weighted by Gasteiger charge is -2.48. The van der Waals surface area contributed by atoms with Gasteiger partial charge in [0, 0.05) is 18.7 Å². The SMILES string of the molecule is CN1c2ccccc2C2CC([Si](c3ccccc3)(c3ccccc3)C3CC=CCC3)C=CC21. The summed E-state index contributed by atoms with van der Waals surface area (Å²) in [6.07, 6.45) is 15.1. The molecule has 1 heterocycles. The summed E-state index contributed by atoms with van der Waals surface area (Å²) in [5.74, 6) is 0.583. The minimum Gasteiger partial charge on any atom is -0.367 e. The Balaban J connectivity index is 1.54. The van der Waals surface area contributed by atoms with Gasteiger partial charge in [0.25, 0.3) is 0 Å². The first kappa shape index (κ1) is 20.7. The molecule has 2 heteroatoms. The van der Waals surface area contributed by atoms with Crippen molar-refractivity contribution in [2.45, 2.75) is 48.7 Å². The van der Waals surface area contributed by atoms with Crippen molar-refractivity contribution in [3.05, 3.63) is 115 Å². The second-order valence-electron chi connectivity index (χ2n) is 10.1. The molecular formula is C31H33NSi. The predicted molar refractivity (Wildman–Crippen MR) is 144 cm³/mol. The lowest BCUT2D eigenvalue weighted by atomic mass is 9.86. The first-order chi connectivity index (χ1) is 16.3. The van der Waals surface area contributed by atoms with E-state index in [2.05, 4.69) is 121 Å². The van der Waals surface area contributed by atoms with Crippen LogP contribution in [-0.2, 0) is 0 Å². The molecule has 4 unspecified atom stereocenters. The molecule has 2 aliphatic carbocycles. The molecule has 0 amide bonds. The molecule has 33 heavy (non-hydrogen) atoms. The smallest absolute Gasteiger partial charge is 0.128 e. The Morgan fingerprint density at radius 3 is 2.09 bits per heavy atom. The molecule has 0 saturated heterocycles. The van der Waals surface area contributed by atoms with Gasteiger partial charge in [0.1, 0.15) is 8.07 Å². The summed E-state index contributed by atoms with van der Waals surface area (Å²) in [4.78, 5) is 2.50. The van der Waals surface area contributed by atoms with Crippen LogP contribution in [0.1, 0.15) is 37.2 Å². The van der Waals surface area contributed by atoms with Gasteiger partial charge < -0.3 is 4.90 Å². The normalized spacial score (nSPS) is 26.2. The molecule has 0 N–H and O–H groups in total. The fraction of sp³-hybridized carbons (Fsp3) is 0.290. The fourth-order valence-corrected chi connectivity index (χ4v) is 13.6. The second kappa shape index (κ2) is 8.50. The van der Waals surface area contributed by atoms with Crippen molar-refractivity contribution in [3.63, 3.8) is 0 Å². The quantitative estimate of drug-likeness (QED) is 0.335. The van der Waals surface area contributed by atoms with Crippen LogP contribution in [0.2, 0.25) is 11.1 Å². The number of rotatable bonds is 4. The van der Waals surface area contributed by atoms with Crippen LogP contribution in [0.3, 0.4) is 0 Å². The van der Waals surface area contributed by atoms with Gasteiger partial charge in [-0.25, -0.2) is 0 Å². The number of likely N-dealkylation sites (N-methyl/N-ethyl adjacent to an activating group) is 1. The Morgan fingerprint density at radius 2 is 1.42 bits per heavy atom. The van der Waals surface area contributed by atoms with Gasteiger partial charge in [0.15, 0.2) is 0 Å². The summed E-state index contributed by atoms with van der Waals surface area (Å²) >= 11 is 0. The Bertz CT molecular complexity index is 1130. The molecule has 1 nitrogen and oxygen atoms in total. The van der Waals surface area contributed by atoms with Gasteiger partial charge >= 0.3 is 0 Å². The van der Waals surface area contributed by atoms with E-state index in [0.29, 0.717) is 17.5 Å². The highest BCUT2D eigenvalue weighted by Gasteiger charge is 2.52. The van der Waals surface area contributed by atoms with Crippen molar-refractivity contribution in [1.29, 1.82) is 0 Å². The Labute approximate surface area is 199 Å². The lowest BCUT2D eigenvalue weighted by molar-refractivity contribution is 0.551. The number of hydrogen-bond donors (Lipinski definition) is 0. The Morgan fingerprint density at radius 1 is 0.758 bits per heavy atom. The maximum atomic E-state index is 2.65. The molecule has 0 saturated carbocycles. The van der Waals surface area contributed by atoms with E-state index in [1.54, 1.807) is 15.9 Å². The van der Waals surface area contributed by atoms with E-state index < -0.39 is 8.07 Å². The third kappa shape index (κ3) is 3.26. The summed E-state index contributed by atoms with van der Waals surface area (Å²) in [5, 5.41) is 3.23. The number of allylic oxidation sites excluding steroid dienone is 3. The van der Waals surface area contributed by atoms with Gasteiger partial charge in [-0.15, -0.1) is 0 Å². The summed E-state index contributed by atoms with van der Waals surface area (Å²) in [6.45, 7) is 0. The van der Waals surface area contributed by atoms with Crippen LogP contribution in [0.5, 0.6) is 0 Å². The summed E-state index contributed by atoms with van der Waals surface area (Å²) in [6, 6.07) is 32.8. The number of hydrogen-bond acceptors (Lipinski definition) is 1. The van der Waals surface area contributed by atoms with Crippen LogP contribution in [0.25, 0.3) is 0 Å². The zero-order valence-electron chi connectivity index (χ0n) is 19.5. The van der Waals surface area contributed by atoms with Gasteiger partial charge in [0.2, 0.25) is 0 Å². The van der Waals surface area contributed by atoms with E-state index >= 15 is 0 Å². The highest BCUT2D eigenvalue weighted by atomic mass is 28.3. The molecule has 0 fully saturated rings. The minimum absolute atomic E-state index is 0.489. The molecule has 1 aliphatic heterocycles. The maximum absolute atomic E-state index is 2.65. The van der Waals surface area contributed by atoms with Crippen LogP contribution in [-0.4, -0.2) is 21.2 Å². The van der Waals surface area contributed by atoms with Crippen LogP contribution in [0.15, 0.2) is 109 Å². The fourth-order valence-electron chi connectivity index (χ4n) is 7.21. The molecule has 3 aromatic rings. The van der Waals surface area contributed by atoms with Gasteiger partial charge in [-0.05, 0) is 48.4 Å². The first-order valence-electron chi connectivity index (χ1n) is 12.6. The molecule has 3 aromatic carbocycles. The van der Waals surface area contributed by atoms with Crippen molar-refractivity contribution in [2.75, 3.05) is 11.9 Å². The standard InChI is InChI=1S/C31H33NSi/c1-32-30-20-12-11-19-28(30)29-23-27(21-22-31(29)32)33(24-13-5-2-6-14-24,25-15-7-3-8-16-25)26-17-9-4-10-18-26/h2-9,11-16,19-22,26-27,29,31H,10,17-18,23H2,1H3. The zero-order valence-corrected chi connectivity index (χ0v) is 20.5. The molecule has 166 valence electrons. The van der Waals surface area contributed by atoms with Gasteiger partial charge in [0.05, 0.1) is 6.04 Å². The molecule has 0 bridgehead atoms. The number of fused-ring (bicyclic) bond motifs is 3. The number of anilines is 1. The lowest BCUT2D eigenvalue weighted by Crippen LogP contribution is -2.65. The van der Waals surface area contributed by atoms with E-state index in [-0.39, 0.29) is 0 Å². The van der Waals surface area contributed by atoms with Crippen molar-refractivity contribution in [2.24, 2.45) is 0 Å². The molecular weight excluding hydrogens is 414 g/mol. The third-order valence-electron chi connectivity index (χ3n) is 8.62. The summed E-state index contributed by atoms with van der Waals surface area (Å²) in [7, 11) is 0.171. The number of benzene rings is 3. The highest BCUT2D eigenvalue weighted by molar-refractivity contribution is 7.04. The summed E-state index contributed by atoms with van der Waals surface area (Å²) in [5.41, 5.74) is 4.30. The van der Waals surface area contributed by atoms with Gasteiger partial charge in [-0.3, -0.25) is 0 Å². The van der Waals surface area contributed by atoms with Gasteiger partial charge in [-0.2, -0.15) is 0 Å². The second-order valence-corrected chi connectivity index (χ2v) is 14.5. The van der Waals surface area contributed by atoms with E-state index in [1.807, 2.05) is 0 Å². The Hall–Kier alpha value is -2.84. The molecule has 0 radical (unpaired) electrons. The van der Waals surface area contributed by atoms with Gasteiger partial charge in [-0.1, -0.05) is 114 Å². The van der Waals surface area contributed by atoms with E-state index in [0.717, 1.165) is 5.54 Å². The van der Waals surface area contributed by atoms with Crippen LogP contribution in [0, 0.1) is 0 Å². The topological polar surface area (TPSA) is 3.24 Å². The van der Waals surface area contributed by atoms with Crippen molar-refractivity contribution in [3.8, 4) is 0 Å². The highest BCUT2D eigenvalue weighted by Crippen LogP contribution is 2.52. The zero-order chi connectivity index (χ0) is 22.3. The van der Waals surface area contributed by atoms with Crippen LogP contribution in [0.4, 0.5) is 5.69 Å². The van der Waals surface area contributed by atoms with Crippen LogP contribution >= 0.6 is 0 Å². The van der Waals surface area contributed by atoms with E-state index in [1.165, 1.54) is 31.4 Å². The predicted octanol–water partition coefficient (Wildman–Crippen LogP) is 6.29. The number of para-hydroxylation sites is 1. The van der Waals surface area contributed by atoms with E-state index in [9.17, 15) is 0 Å². The van der Waals surface area contributed by atoms with E-state index in [4.69, 9.17) is 0 Å². The maximum Gasteiger partial charge on any atom is 0.128 e. The molecule has 4 atom stereocenters. The van der Waals surface area contributed by atoms with Crippen molar-refractivity contribution >= 4 is 24.1 Å². The molecule has 0 spiro atoms. The minimum atomic E-state index is -2.11. The Kier molecular flexibility index (Phi) is 5.34. The first-order valence-corrected chi connectivity index (χ1v) is 14.7.